The van der Waals surface area contributed by atoms with Crippen molar-refractivity contribution in [2.75, 3.05) is 11.9 Å². The van der Waals surface area contributed by atoms with Crippen LogP contribution in [0.25, 0.3) is 0 Å². The average Bonchev–Trinajstić information content (AvgIpc) is 2.48. The summed E-state index contributed by atoms with van der Waals surface area (Å²) >= 11 is 0. The minimum atomic E-state index is -0.0183. The first kappa shape index (κ1) is 12.0. The number of halogens is 1. The van der Waals surface area contributed by atoms with E-state index in [1.165, 1.54) is 0 Å². The lowest BCUT2D eigenvalue weighted by Crippen LogP contribution is -2.51. The van der Waals surface area contributed by atoms with Gasteiger partial charge in [-0.1, -0.05) is 0 Å². The summed E-state index contributed by atoms with van der Waals surface area (Å²) in [5, 5.41) is 9.97. The standard InChI is InChI=1S/C9H14N4O.ClH/c1-2-13-8(4-6-11-13)12-9(14)7-3-5-10-7;/h4,6-7,10H,2-3,5H2,1H3,(H,12,14);1H/t7-;/m1./s1. The minimum absolute atomic E-state index is 0. The highest BCUT2D eigenvalue weighted by atomic mass is 35.5. The number of carbonyl (C=O) groups is 1. The van der Waals surface area contributed by atoms with Gasteiger partial charge in [0.05, 0.1) is 12.2 Å². The zero-order chi connectivity index (χ0) is 9.97. The van der Waals surface area contributed by atoms with Gasteiger partial charge in [-0.3, -0.25) is 4.79 Å². The normalized spacial score (nSPS) is 18.9. The number of nitrogens with zero attached hydrogens (tertiary/aromatic N) is 2. The topological polar surface area (TPSA) is 59.0 Å². The van der Waals surface area contributed by atoms with Gasteiger partial charge in [0.25, 0.3) is 0 Å². The molecule has 0 bridgehead atoms. The fourth-order valence-electron chi connectivity index (χ4n) is 1.42. The van der Waals surface area contributed by atoms with Crippen LogP contribution in [0.5, 0.6) is 0 Å². The van der Waals surface area contributed by atoms with Crippen LogP contribution in [0, 0.1) is 0 Å². The van der Waals surface area contributed by atoms with E-state index in [2.05, 4.69) is 15.7 Å². The molecule has 1 aromatic heterocycles. The van der Waals surface area contributed by atoms with Crippen molar-refractivity contribution >= 4 is 24.1 Å². The second kappa shape index (κ2) is 5.14. The van der Waals surface area contributed by atoms with Gasteiger partial charge in [0.1, 0.15) is 5.82 Å². The maximum Gasteiger partial charge on any atom is 0.242 e. The maximum atomic E-state index is 11.5. The molecule has 5 nitrogen and oxygen atoms in total. The van der Waals surface area contributed by atoms with E-state index in [0.29, 0.717) is 0 Å². The second-order valence-electron chi connectivity index (χ2n) is 3.32. The molecule has 1 aliphatic rings. The van der Waals surface area contributed by atoms with Crippen molar-refractivity contribution in [2.24, 2.45) is 0 Å². The van der Waals surface area contributed by atoms with Crippen molar-refractivity contribution in [1.82, 2.24) is 15.1 Å². The van der Waals surface area contributed by atoms with Gasteiger partial charge in [-0.15, -0.1) is 12.4 Å². The van der Waals surface area contributed by atoms with Crippen LogP contribution in [0.2, 0.25) is 0 Å². The summed E-state index contributed by atoms with van der Waals surface area (Å²) in [6.07, 6.45) is 2.61. The largest absolute Gasteiger partial charge is 0.310 e. The smallest absolute Gasteiger partial charge is 0.242 e. The monoisotopic (exact) mass is 230 g/mol. The fourth-order valence-corrected chi connectivity index (χ4v) is 1.42. The molecule has 0 radical (unpaired) electrons. The summed E-state index contributed by atoms with van der Waals surface area (Å²) in [6.45, 7) is 3.69. The van der Waals surface area contributed by atoms with E-state index in [9.17, 15) is 4.79 Å². The Labute approximate surface area is 94.6 Å². The van der Waals surface area contributed by atoms with Gasteiger partial charge < -0.3 is 10.6 Å². The quantitative estimate of drug-likeness (QED) is 0.801. The first-order valence-electron chi connectivity index (χ1n) is 4.87. The van der Waals surface area contributed by atoms with Crippen molar-refractivity contribution in [2.45, 2.75) is 25.9 Å². The molecule has 1 aromatic rings. The third-order valence-corrected chi connectivity index (χ3v) is 2.41. The molecule has 0 aromatic carbocycles. The van der Waals surface area contributed by atoms with E-state index in [0.717, 1.165) is 25.3 Å². The number of rotatable bonds is 3. The predicted octanol–water partition coefficient (Wildman–Crippen LogP) is 0.625. The van der Waals surface area contributed by atoms with Crippen LogP contribution in [0.4, 0.5) is 5.82 Å². The summed E-state index contributed by atoms with van der Waals surface area (Å²) in [5.74, 6) is 0.803. The van der Waals surface area contributed by atoms with Crippen LogP contribution >= 0.6 is 12.4 Å². The van der Waals surface area contributed by atoms with Crippen molar-refractivity contribution in [3.8, 4) is 0 Å². The molecular formula is C9H15ClN4O. The first-order valence-corrected chi connectivity index (χ1v) is 4.87. The number of nitrogens with one attached hydrogen (secondary N) is 2. The van der Waals surface area contributed by atoms with Crippen LogP contribution in [-0.4, -0.2) is 28.3 Å². The molecule has 0 unspecified atom stereocenters. The lowest BCUT2D eigenvalue weighted by Gasteiger charge is -2.26. The third-order valence-electron chi connectivity index (χ3n) is 2.41. The Morgan fingerprint density at radius 1 is 1.80 bits per heavy atom. The number of aromatic nitrogens is 2. The molecule has 0 spiro atoms. The number of carbonyl (C=O) groups excluding carboxylic acids is 1. The zero-order valence-corrected chi connectivity index (χ0v) is 9.38. The average molecular weight is 231 g/mol. The maximum absolute atomic E-state index is 11.5. The van der Waals surface area contributed by atoms with E-state index in [4.69, 9.17) is 0 Å². The summed E-state index contributed by atoms with van der Waals surface area (Å²) in [6, 6.07) is 1.79. The molecule has 0 aliphatic carbocycles. The molecule has 1 amide bonds. The van der Waals surface area contributed by atoms with Crippen molar-refractivity contribution in [3.63, 3.8) is 0 Å². The molecule has 1 fully saturated rings. The SMILES string of the molecule is CCn1nccc1NC(=O)[C@H]1CCN1.Cl. The molecule has 6 heteroatoms. The highest BCUT2D eigenvalue weighted by Gasteiger charge is 2.24. The van der Waals surface area contributed by atoms with Crippen LogP contribution in [-0.2, 0) is 11.3 Å². The lowest BCUT2D eigenvalue weighted by atomic mass is 10.1. The Balaban J connectivity index is 0.00000112. The fraction of sp³-hybridized carbons (Fsp3) is 0.556. The molecule has 1 atom stereocenters. The van der Waals surface area contributed by atoms with Gasteiger partial charge in [0.2, 0.25) is 5.91 Å². The Morgan fingerprint density at radius 2 is 2.53 bits per heavy atom. The Hall–Kier alpha value is -1.07. The van der Waals surface area contributed by atoms with E-state index in [1.807, 2.05) is 6.92 Å². The van der Waals surface area contributed by atoms with Crippen molar-refractivity contribution in [1.29, 1.82) is 0 Å². The molecule has 1 saturated heterocycles. The Kier molecular flexibility index (Phi) is 4.11. The summed E-state index contributed by atoms with van der Waals surface area (Å²) < 4.78 is 1.76. The van der Waals surface area contributed by atoms with Crippen LogP contribution in [0.15, 0.2) is 12.3 Å². The highest BCUT2D eigenvalue weighted by molar-refractivity contribution is 5.94. The molecule has 15 heavy (non-hydrogen) atoms. The number of anilines is 1. The number of hydrogen-bond donors (Lipinski definition) is 2. The number of hydrogen-bond acceptors (Lipinski definition) is 3. The zero-order valence-electron chi connectivity index (χ0n) is 8.56. The second-order valence-corrected chi connectivity index (χ2v) is 3.32. The first-order chi connectivity index (χ1) is 6.81. The third kappa shape index (κ3) is 2.49. The summed E-state index contributed by atoms with van der Waals surface area (Å²) in [7, 11) is 0. The van der Waals surface area contributed by atoms with Crippen LogP contribution in [0.3, 0.4) is 0 Å². The van der Waals surface area contributed by atoms with Crippen molar-refractivity contribution in [3.05, 3.63) is 12.3 Å². The van der Waals surface area contributed by atoms with Crippen LogP contribution < -0.4 is 10.6 Å². The summed E-state index contributed by atoms with van der Waals surface area (Å²) in [4.78, 5) is 11.5. The molecule has 2 N–H and O–H groups in total. The summed E-state index contributed by atoms with van der Waals surface area (Å²) in [5.41, 5.74) is 0. The van der Waals surface area contributed by atoms with Gasteiger partial charge in [-0.2, -0.15) is 5.10 Å². The minimum Gasteiger partial charge on any atom is -0.310 e. The molecule has 2 rings (SSSR count). The van der Waals surface area contributed by atoms with E-state index in [-0.39, 0.29) is 24.4 Å². The Morgan fingerprint density at radius 3 is 3.07 bits per heavy atom. The van der Waals surface area contributed by atoms with E-state index in [1.54, 1.807) is 16.9 Å². The molecule has 0 saturated carbocycles. The number of aryl methyl sites for hydroxylation is 1. The van der Waals surface area contributed by atoms with Crippen LogP contribution in [0.1, 0.15) is 13.3 Å². The van der Waals surface area contributed by atoms with Crippen molar-refractivity contribution < 1.29 is 4.79 Å². The molecule has 2 heterocycles. The Bertz CT molecular complexity index is 335. The molecular weight excluding hydrogens is 216 g/mol. The van der Waals surface area contributed by atoms with E-state index < -0.39 is 0 Å². The highest BCUT2D eigenvalue weighted by Crippen LogP contribution is 2.09. The predicted molar refractivity (Wildman–Crippen MR) is 60.2 cm³/mol. The van der Waals surface area contributed by atoms with Gasteiger partial charge in [-0.05, 0) is 19.9 Å². The number of amides is 1. The molecule has 84 valence electrons. The van der Waals surface area contributed by atoms with Gasteiger partial charge in [-0.25, -0.2) is 4.68 Å². The van der Waals surface area contributed by atoms with E-state index >= 15 is 0 Å². The van der Waals surface area contributed by atoms with Gasteiger partial charge in [0, 0.05) is 12.6 Å². The molecule has 1 aliphatic heterocycles. The van der Waals surface area contributed by atoms with Gasteiger partial charge >= 0.3 is 0 Å². The lowest BCUT2D eigenvalue weighted by molar-refractivity contribution is -0.119. The van der Waals surface area contributed by atoms with Gasteiger partial charge in [0.15, 0.2) is 0 Å².